The van der Waals surface area contributed by atoms with Gasteiger partial charge in [-0.2, -0.15) is 11.3 Å². The van der Waals surface area contributed by atoms with Crippen LogP contribution in [0.15, 0.2) is 46.5 Å². The fraction of sp³-hybridized carbons (Fsp3) is 0.211. The summed E-state index contributed by atoms with van der Waals surface area (Å²) in [6.45, 7) is 0.339. The summed E-state index contributed by atoms with van der Waals surface area (Å²) in [4.78, 5) is 28.4. The summed E-state index contributed by atoms with van der Waals surface area (Å²) in [6.07, 6.45) is 0.159. The van der Waals surface area contributed by atoms with E-state index in [0.717, 1.165) is 21.9 Å². The SMILES string of the molecule is COc1ccc(CNC(=O)CNC(=O)Cc2csc(-c3ccsc3)n2)cc1. The van der Waals surface area contributed by atoms with E-state index in [2.05, 4.69) is 15.6 Å². The van der Waals surface area contributed by atoms with Crippen molar-refractivity contribution < 1.29 is 14.3 Å². The molecule has 1 aromatic carbocycles. The minimum absolute atomic E-state index is 0.0590. The highest BCUT2D eigenvalue weighted by molar-refractivity contribution is 7.14. The van der Waals surface area contributed by atoms with Gasteiger partial charge in [0.1, 0.15) is 10.8 Å². The number of thiophene rings is 1. The number of rotatable bonds is 8. The van der Waals surface area contributed by atoms with Gasteiger partial charge in [-0.25, -0.2) is 4.98 Å². The Balaban J connectivity index is 1.40. The third-order valence-corrected chi connectivity index (χ3v) is 5.38. The molecular formula is C19H19N3O3S2. The Kier molecular flexibility index (Phi) is 6.56. The first-order chi connectivity index (χ1) is 13.1. The number of carbonyl (C=O) groups excluding carboxylic acids is 2. The Morgan fingerprint density at radius 1 is 1.07 bits per heavy atom. The van der Waals surface area contributed by atoms with E-state index in [0.29, 0.717) is 12.2 Å². The maximum atomic E-state index is 12.0. The molecule has 0 saturated carbocycles. The van der Waals surface area contributed by atoms with E-state index < -0.39 is 0 Å². The molecule has 0 aliphatic heterocycles. The number of hydrogen-bond donors (Lipinski definition) is 2. The summed E-state index contributed by atoms with van der Waals surface area (Å²) in [5, 5.41) is 12.2. The summed E-state index contributed by atoms with van der Waals surface area (Å²) >= 11 is 3.12. The van der Waals surface area contributed by atoms with E-state index in [4.69, 9.17) is 4.74 Å². The molecule has 0 aliphatic rings. The molecule has 0 atom stereocenters. The maximum absolute atomic E-state index is 12.0. The lowest BCUT2D eigenvalue weighted by molar-refractivity contribution is -0.125. The molecule has 0 bridgehead atoms. The fourth-order valence-electron chi connectivity index (χ4n) is 2.32. The number of nitrogens with zero attached hydrogens (tertiary/aromatic N) is 1. The van der Waals surface area contributed by atoms with Crippen LogP contribution in [0.3, 0.4) is 0 Å². The number of thiazole rings is 1. The normalized spacial score (nSPS) is 10.4. The van der Waals surface area contributed by atoms with Crippen molar-refractivity contribution in [3.63, 3.8) is 0 Å². The first-order valence-corrected chi connectivity index (χ1v) is 10.1. The topological polar surface area (TPSA) is 80.3 Å². The molecule has 3 rings (SSSR count). The second-order valence-electron chi connectivity index (χ2n) is 5.73. The Morgan fingerprint density at radius 2 is 1.89 bits per heavy atom. The minimum atomic E-state index is -0.239. The van der Waals surface area contributed by atoms with Gasteiger partial charge in [-0.15, -0.1) is 11.3 Å². The zero-order chi connectivity index (χ0) is 19.1. The fourth-order valence-corrected chi connectivity index (χ4v) is 3.85. The van der Waals surface area contributed by atoms with Gasteiger partial charge in [0.25, 0.3) is 0 Å². The van der Waals surface area contributed by atoms with Crippen molar-refractivity contribution in [1.29, 1.82) is 0 Å². The van der Waals surface area contributed by atoms with Crippen LogP contribution in [0.4, 0.5) is 0 Å². The van der Waals surface area contributed by atoms with Gasteiger partial charge in [0, 0.05) is 22.9 Å². The lowest BCUT2D eigenvalue weighted by Gasteiger charge is -2.07. The molecule has 8 heteroatoms. The van der Waals surface area contributed by atoms with Crippen molar-refractivity contribution in [3.05, 3.63) is 57.7 Å². The number of amides is 2. The first-order valence-electron chi connectivity index (χ1n) is 8.27. The molecule has 2 aromatic heterocycles. The van der Waals surface area contributed by atoms with E-state index in [1.165, 1.54) is 11.3 Å². The molecule has 0 saturated heterocycles. The summed E-state index contributed by atoms with van der Waals surface area (Å²) < 4.78 is 5.09. The van der Waals surface area contributed by atoms with Crippen LogP contribution in [-0.4, -0.2) is 30.5 Å². The minimum Gasteiger partial charge on any atom is -0.497 e. The maximum Gasteiger partial charge on any atom is 0.239 e. The predicted octanol–water partition coefficient (Wildman–Crippen LogP) is 2.86. The molecule has 2 N–H and O–H groups in total. The molecule has 2 heterocycles. The Labute approximate surface area is 165 Å². The number of ether oxygens (including phenoxy) is 1. The molecule has 140 valence electrons. The first kappa shape index (κ1) is 19.1. The molecule has 2 amide bonds. The number of benzene rings is 1. The van der Waals surface area contributed by atoms with E-state index in [9.17, 15) is 9.59 Å². The molecule has 6 nitrogen and oxygen atoms in total. The van der Waals surface area contributed by atoms with Crippen LogP contribution in [0.25, 0.3) is 10.6 Å². The van der Waals surface area contributed by atoms with E-state index in [-0.39, 0.29) is 24.8 Å². The number of hydrogen-bond acceptors (Lipinski definition) is 6. The molecule has 0 spiro atoms. The highest BCUT2D eigenvalue weighted by atomic mass is 32.1. The predicted molar refractivity (Wildman–Crippen MR) is 107 cm³/mol. The van der Waals surface area contributed by atoms with Crippen molar-refractivity contribution in [3.8, 4) is 16.3 Å². The third kappa shape index (κ3) is 5.63. The second kappa shape index (κ2) is 9.29. The summed E-state index contributed by atoms with van der Waals surface area (Å²) in [6, 6.07) is 9.43. The van der Waals surface area contributed by atoms with Crippen molar-refractivity contribution in [1.82, 2.24) is 15.6 Å². The van der Waals surface area contributed by atoms with Gasteiger partial charge in [-0.1, -0.05) is 12.1 Å². The third-order valence-electron chi connectivity index (χ3n) is 3.76. The van der Waals surface area contributed by atoms with E-state index >= 15 is 0 Å². The summed E-state index contributed by atoms with van der Waals surface area (Å²) in [5.41, 5.74) is 2.73. The van der Waals surface area contributed by atoms with Gasteiger partial charge < -0.3 is 15.4 Å². The lowest BCUT2D eigenvalue weighted by atomic mass is 10.2. The molecular weight excluding hydrogens is 382 g/mol. The average molecular weight is 402 g/mol. The molecule has 0 fully saturated rings. The van der Waals surface area contributed by atoms with Crippen molar-refractivity contribution in [2.75, 3.05) is 13.7 Å². The monoisotopic (exact) mass is 401 g/mol. The van der Waals surface area contributed by atoms with Gasteiger partial charge in [-0.05, 0) is 29.1 Å². The van der Waals surface area contributed by atoms with E-state index in [1.807, 2.05) is 46.5 Å². The number of carbonyl (C=O) groups is 2. The van der Waals surface area contributed by atoms with Crippen molar-refractivity contribution >= 4 is 34.5 Å². The number of methoxy groups -OCH3 is 1. The van der Waals surface area contributed by atoms with Crippen LogP contribution in [-0.2, 0) is 22.6 Å². The van der Waals surface area contributed by atoms with Crippen LogP contribution in [0.1, 0.15) is 11.3 Å². The average Bonchev–Trinajstić information content (AvgIpc) is 3.37. The molecule has 3 aromatic rings. The van der Waals surface area contributed by atoms with Gasteiger partial charge >= 0.3 is 0 Å². The Bertz CT molecular complexity index is 889. The second-order valence-corrected chi connectivity index (χ2v) is 7.37. The highest BCUT2D eigenvalue weighted by Gasteiger charge is 2.10. The van der Waals surface area contributed by atoms with Gasteiger partial charge in [0.15, 0.2) is 0 Å². The van der Waals surface area contributed by atoms with Gasteiger partial charge in [0.2, 0.25) is 11.8 Å². The van der Waals surface area contributed by atoms with Crippen LogP contribution in [0.2, 0.25) is 0 Å². The molecule has 0 unspecified atom stereocenters. The highest BCUT2D eigenvalue weighted by Crippen LogP contribution is 2.25. The number of nitrogens with one attached hydrogen (secondary N) is 2. The zero-order valence-corrected chi connectivity index (χ0v) is 16.4. The largest absolute Gasteiger partial charge is 0.497 e. The summed E-state index contributed by atoms with van der Waals surface area (Å²) in [5.74, 6) is 0.301. The van der Waals surface area contributed by atoms with Crippen LogP contribution in [0.5, 0.6) is 5.75 Å². The van der Waals surface area contributed by atoms with Gasteiger partial charge in [0.05, 0.1) is 25.8 Å². The molecule has 0 radical (unpaired) electrons. The zero-order valence-electron chi connectivity index (χ0n) is 14.7. The number of aromatic nitrogens is 1. The van der Waals surface area contributed by atoms with Crippen LogP contribution >= 0.6 is 22.7 Å². The molecule has 0 aliphatic carbocycles. The Hall–Kier alpha value is -2.71. The van der Waals surface area contributed by atoms with E-state index in [1.54, 1.807) is 18.4 Å². The van der Waals surface area contributed by atoms with Crippen molar-refractivity contribution in [2.45, 2.75) is 13.0 Å². The quantitative estimate of drug-likeness (QED) is 0.608. The standard InChI is InChI=1S/C19H19N3O3S2/c1-25-16-4-2-13(3-5-16)9-20-18(24)10-21-17(23)8-15-12-27-19(22-15)14-6-7-26-11-14/h2-7,11-12H,8-10H2,1H3,(H,20,24)(H,21,23). The Morgan fingerprint density at radius 3 is 2.59 bits per heavy atom. The van der Waals surface area contributed by atoms with Crippen molar-refractivity contribution in [2.24, 2.45) is 0 Å². The van der Waals surface area contributed by atoms with Crippen LogP contribution in [0, 0.1) is 0 Å². The smallest absolute Gasteiger partial charge is 0.239 e. The molecule has 27 heavy (non-hydrogen) atoms. The lowest BCUT2D eigenvalue weighted by Crippen LogP contribution is -2.37. The summed E-state index contributed by atoms with van der Waals surface area (Å²) in [7, 11) is 1.61. The van der Waals surface area contributed by atoms with Gasteiger partial charge in [-0.3, -0.25) is 9.59 Å². The van der Waals surface area contributed by atoms with Crippen LogP contribution < -0.4 is 15.4 Å².